The Hall–Kier alpha value is -6.36. The fourth-order valence-corrected chi connectivity index (χ4v) is 5.57. The molecule has 0 aromatic heterocycles. The van der Waals surface area contributed by atoms with Crippen molar-refractivity contribution in [2.45, 2.75) is 0 Å². The third-order valence-corrected chi connectivity index (χ3v) is 7.41. The Morgan fingerprint density at radius 1 is 0.500 bits per heavy atom. The molecular weight excluding hydrogens is 578 g/mol. The molecule has 4 nitrogen and oxygen atoms in total. The summed E-state index contributed by atoms with van der Waals surface area (Å²) in [6, 6.07) is 15.9. The van der Waals surface area contributed by atoms with Crippen LogP contribution in [0, 0.1) is 70.7 Å². The second kappa shape index (κ2) is 10.2. The van der Waals surface area contributed by atoms with Crippen molar-refractivity contribution in [3.63, 3.8) is 0 Å². The first-order chi connectivity index (χ1) is 21.1. The van der Waals surface area contributed by atoms with Gasteiger partial charge in [0, 0.05) is 11.1 Å². The zero-order valence-electron chi connectivity index (χ0n) is 21.8. The molecule has 208 valence electrons. The highest BCUT2D eigenvalue weighted by molar-refractivity contribution is 6.37. The molecule has 4 aromatic rings. The molecule has 0 N–H and O–H groups in total. The average molecular weight is 588 g/mol. The van der Waals surface area contributed by atoms with Crippen molar-refractivity contribution >= 4 is 22.3 Å². The Balaban J connectivity index is 1.64. The van der Waals surface area contributed by atoms with E-state index < -0.39 is 34.9 Å². The number of halogens is 6. The lowest BCUT2D eigenvalue weighted by Crippen LogP contribution is -1.97. The monoisotopic (exact) mass is 588 g/mol. The van der Waals surface area contributed by atoms with Gasteiger partial charge in [-0.3, -0.25) is 0 Å². The van der Waals surface area contributed by atoms with E-state index in [9.17, 15) is 36.9 Å². The zero-order valence-corrected chi connectivity index (χ0v) is 21.8. The minimum atomic E-state index is -1.64. The number of rotatable bonds is 2. The van der Waals surface area contributed by atoms with Crippen LogP contribution in [-0.4, -0.2) is 0 Å². The third-order valence-electron chi connectivity index (χ3n) is 7.41. The summed E-state index contributed by atoms with van der Waals surface area (Å²) >= 11 is 0. The molecule has 0 atom stereocenters. The highest BCUT2D eigenvalue weighted by Crippen LogP contribution is 2.60. The summed E-state index contributed by atoms with van der Waals surface area (Å²) < 4.78 is 83.5. The fraction of sp³-hybridized carbons (Fsp3) is 0. The molecule has 0 radical (unpaired) electrons. The van der Waals surface area contributed by atoms with Crippen LogP contribution < -0.4 is 0 Å². The maximum Gasteiger partial charge on any atom is 0.270 e. The topological polar surface area (TPSA) is 56.3 Å². The number of benzene rings is 4. The Kier molecular flexibility index (Phi) is 6.43. The number of fused-ring (bicyclic) bond motifs is 4. The van der Waals surface area contributed by atoms with Crippen molar-refractivity contribution in [1.82, 2.24) is 0 Å². The van der Waals surface area contributed by atoms with Crippen LogP contribution in [0.25, 0.3) is 54.2 Å². The number of nitrogens with zero attached hydrogens (tertiary/aromatic N) is 4. The van der Waals surface area contributed by atoms with Gasteiger partial charge in [-0.25, -0.2) is 46.6 Å². The molecule has 0 bridgehead atoms. The van der Waals surface area contributed by atoms with E-state index in [4.69, 9.17) is 13.1 Å². The molecule has 44 heavy (non-hydrogen) atoms. The predicted octanol–water partition coefficient (Wildman–Crippen LogP) is 9.10. The molecule has 10 heteroatoms. The van der Waals surface area contributed by atoms with E-state index in [1.54, 1.807) is 0 Å². The van der Waals surface area contributed by atoms with E-state index in [-0.39, 0.29) is 44.8 Å². The molecule has 0 aliphatic heterocycles. The van der Waals surface area contributed by atoms with E-state index in [0.29, 0.717) is 33.4 Å². The first-order valence-corrected chi connectivity index (χ1v) is 12.5. The molecule has 6 rings (SSSR count). The summed E-state index contributed by atoms with van der Waals surface area (Å²) in [5.41, 5.74) is 1.98. The second-order valence-corrected chi connectivity index (χ2v) is 9.67. The van der Waals surface area contributed by atoms with Crippen LogP contribution in [0.15, 0.2) is 72.1 Å². The standard InChI is InChI=1S/C34H10F6N4/c1-43-27(13-41)29-21-7-15(17-9-23(35)33(39)24(36)10-17)3-5-19(21)32-30(28(14-42)44-2)22-8-16(4-6-20(22)31(29)32)18-11-25(37)34(40)26(38)12-18/h3-12H/b29-27-,30-28+. The zero-order chi connectivity index (χ0) is 31.4. The van der Waals surface area contributed by atoms with Crippen LogP contribution in [0.1, 0.15) is 22.3 Å². The second-order valence-electron chi connectivity index (χ2n) is 9.67. The average Bonchev–Trinajstić information content (AvgIpc) is 3.52. The van der Waals surface area contributed by atoms with Crippen LogP contribution in [0.2, 0.25) is 0 Å². The first-order valence-electron chi connectivity index (χ1n) is 12.5. The van der Waals surface area contributed by atoms with Crippen molar-refractivity contribution in [2.75, 3.05) is 0 Å². The predicted molar refractivity (Wildman–Crippen MR) is 149 cm³/mol. The Bertz CT molecular complexity index is 2050. The largest absolute Gasteiger partial charge is 0.270 e. The van der Waals surface area contributed by atoms with Gasteiger partial charge in [-0.15, -0.1) is 0 Å². The molecular formula is C34H10F6N4. The Morgan fingerprint density at radius 3 is 1.14 bits per heavy atom. The number of hydrogen-bond acceptors (Lipinski definition) is 2. The van der Waals surface area contributed by atoms with Crippen molar-refractivity contribution in [2.24, 2.45) is 0 Å². The van der Waals surface area contributed by atoms with Crippen molar-refractivity contribution in [3.05, 3.63) is 152 Å². The lowest BCUT2D eigenvalue weighted by molar-refractivity contribution is 0.447. The van der Waals surface area contributed by atoms with E-state index in [1.165, 1.54) is 36.4 Å². The summed E-state index contributed by atoms with van der Waals surface area (Å²) in [7, 11) is 0. The van der Waals surface area contributed by atoms with E-state index >= 15 is 0 Å². The van der Waals surface area contributed by atoms with E-state index in [1.807, 2.05) is 12.1 Å². The molecule has 0 unspecified atom stereocenters. The van der Waals surface area contributed by atoms with Crippen LogP contribution in [-0.2, 0) is 0 Å². The quantitative estimate of drug-likeness (QED) is 0.102. The smallest absolute Gasteiger partial charge is 0.226 e. The lowest BCUT2D eigenvalue weighted by Gasteiger charge is -2.15. The molecule has 4 aromatic carbocycles. The summed E-state index contributed by atoms with van der Waals surface area (Å²) in [4.78, 5) is 6.74. The molecule has 2 aliphatic rings. The normalized spacial score (nSPS) is 15.0. The molecule has 0 amide bonds. The van der Waals surface area contributed by atoms with Gasteiger partial charge in [-0.05, 0) is 92.1 Å². The third kappa shape index (κ3) is 3.98. The maximum atomic E-state index is 14.1. The molecule has 0 fully saturated rings. The van der Waals surface area contributed by atoms with Gasteiger partial charge in [0.2, 0.25) is 0 Å². The van der Waals surface area contributed by atoms with Crippen LogP contribution in [0.5, 0.6) is 0 Å². The first kappa shape index (κ1) is 27.8. The molecule has 0 saturated heterocycles. The van der Waals surface area contributed by atoms with Crippen LogP contribution in [0.4, 0.5) is 26.3 Å². The van der Waals surface area contributed by atoms with Crippen molar-refractivity contribution < 1.29 is 26.3 Å². The molecule has 0 spiro atoms. The van der Waals surface area contributed by atoms with Gasteiger partial charge in [0.1, 0.15) is 0 Å². The summed E-state index contributed by atoms with van der Waals surface area (Å²) in [5, 5.41) is 19.8. The van der Waals surface area contributed by atoms with E-state index in [0.717, 1.165) is 24.3 Å². The number of allylic oxidation sites excluding steroid dienone is 6. The maximum absolute atomic E-state index is 14.1. The number of hydrogen-bond donors (Lipinski definition) is 0. The van der Waals surface area contributed by atoms with Gasteiger partial charge in [-0.1, -0.05) is 24.3 Å². The summed E-state index contributed by atoms with van der Waals surface area (Å²) in [6.07, 6.45) is 0. The highest BCUT2D eigenvalue weighted by Gasteiger charge is 2.40. The highest BCUT2D eigenvalue weighted by atomic mass is 19.2. The van der Waals surface area contributed by atoms with Crippen LogP contribution >= 0.6 is 0 Å². The van der Waals surface area contributed by atoms with Gasteiger partial charge >= 0.3 is 0 Å². The SMILES string of the molecule is [C-]#[N+]/C(C#N)=C1C2=C(/C(=C(\C#N)[N+]#[C-])c3cc(-c4cc(F)c(F)c(F)c4)ccc32)c2ccc(-c3cc(F)c(F)c(F)c3)cc2\1. The molecule has 2 aliphatic carbocycles. The van der Waals surface area contributed by atoms with Crippen LogP contribution in [0.3, 0.4) is 0 Å². The van der Waals surface area contributed by atoms with Gasteiger partial charge in [-0.2, -0.15) is 0 Å². The minimum absolute atomic E-state index is 0.0182. The summed E-state index contributed by atoms with van der Waals surface area (Å²) in [6.45, 7) is 15.4. The van der Waals surface area contributed by atoms with Gasteiger partial charge in [0.15, 0.2) is 34.9 Å². The van der Waals surface area contributed by atoms with E-state index in [2.05, 4.69) is 9.69 Å². The Labute approximate surface area is 245 Å². The lowest BCUT2D eigenvalue weighted by atomic mass is 9.88. The van der Waals surface area contributed by atoms with Gasteiger partial charge < -0.3 is 0 Å². The van der Waals surface area contributed by atoms with Gasteiger partial charge in [0.05, 0.1) is 25.3 Å². The minimum Gasteiger partial charge on any atom is -0.226 e. The van der Waals surface area contributed by atoms with Gasteiger partial charge in [0.25, 0.3) is 11.4 Å². The van der Waals surface area contributed by atoms with Crippen molar-refractivity contribution in [3.8, 4) is 34.4 Å². The summed E-state index contributed by atoms with van der Waals surface area (Å²) in [5.74, 6) is -8.94. The Morgan fingerprint density at radius 2 is 0.841 bits per heavy atom. The molecule has 0 saturated carbocycles. The number of nitriles is 2. The van der Waals surface area contributed by atoms with Crippen molar-refractivity contribution in [1.29, 1.82) is 10.5 Å². The fourth-order valence-electron chi connectivity index (χ4n) is 5.57. The molecule has 0 heterocycles.